The van der Waals surface area contributed by atoms with E-state index in [4.69, 9.17) is 10.2 Å². The third kappa shape index (κ3) is 3.52. The van der Waals surface area contributed by atoms with Crippen LogP contribution < -0.4 is 10.5 Å². The molecule has 0 amide bonds. The van der Waals surface area contributed by atoms with Crippen molar-refractivity contribution in [3.05, 3.63) is 35.5 Å². The Labute approximate surface area is 124 Å². The van der Waals surface area contributed by atoms with E-state index >= 15 is 0 Å². The van der Waals surface area contributed by atoms with Crippen molar-refractivity contribution < 1.29 is 12.8 Å². The molecule has 0 aliphatic carbocycles. The van der Waals surface area contributed by atoms with Crippen LogP contribution >= 0.6 is 0 Å². The number of aryl methyl sites for hydroxylation is 2. The second kappa shape index (κ2) is 6.42. The Hall–Kier alpha value is -1.64. The van der Waals surface area contributed by atoms with Gasteiger partial charge in [-0.05, 0) is 32.9 Å². The minimum Gasteiger partial charge on any atom is -0.472 e. The molecular weight excluding hydrogens is 292 g/mol. The average Bonchev–Trinajstić information content (AvgIpc) is 3.03. The summed E-state index contributed by atoms with van der Waals surface area (Å²) in [5, 5.41) is 4.28. The van der Waals surface area contributed by atoms with Gasteiger partial charge in [-0.1, -0.05) is 0 Å². The van der Waals surface area contributed by atoms with Crippen molar-refractivity contribution in [1.82, 2.24) is 14.5 Å². The van der Waals surface area contributed by atoms with Crippen LogP contribution in [0.2, 0.25) is 0 Å². The lowest BCUT2D eigenvalue weighted by Gasteiger charge is -2.07. The normalized spacial score (nSPS) is 12.0. The summed E-state index contributed by atoms with van der Waals surface area (Å²) in [4.78, 5) is 0.239. The molecule has 0 saturated heterocycles. The molecule has 21 heavy (non-hydrogen) atoms. The van der Waals surface area contributed by atoms with Gasteiger partial charge < -0.3 is 10.2 Å². The monoisotopic (exact) mass is 312 g/mol. The fourth-order valence-corrected chi connectivity index (χ4v) is 3.60. The van der Waals surface area contributed by atoms with Gasteiger partial charge in [-0.2, -0.15) is 5.10 Å². The van der Waals surface area contributed by atoms with Crippen LogP contribution in [0.25, 0.3) is 0 Å². The number of nitrogens with two attached hydrogens (primary N) is 1. The van der Waals surface area contributed by atoms with Gasteiger partial charge in [-0.15, -0.1) is 0 Å². The van der Waals surface area contributed by atoms with Crippen molar-refractivity contribution in [3.8, 4) is 0 Å². The highest BCUT2D eigenvalue weighted by Gasteiger charge is 2.24. The third-order valence-electron chi connectivity index (χ3n) is 3.20. The molecule has 0 saturated carbocycles. The van der Waals surface area contributed by atoms with E-state index < -0.39 is 10.0 Å². The van der Waals surface area contributed by atoms with Crippen molar-refractivity contribution in [2.45, 2.75) is 38.3 Å². The highest BCUT2D eigenvalue weighted by atomic mass is 32.2. The van der Waals surface area contributed by atoms with Crippen molar-refractivity contribution >= 4 is 10.0 Å². The standard InChI is InChI=1S/C13H20N4O3S/c1-10-13(11(2)17(16-10)6-3-5-14)21(18,19)15-8-12-4-7-20-9-12/h4,7,9,15H,3,5-6,8,14H2,1-2H3. The maximum Gasteiger partial charge on any atom is 0.244 e. The van der Waals surface area contributed by atoms with E-state index in [-0.39, 0.29) is 11.4 Å². The molecule has 3 N–H and O–H groups in total. The molecule has 0 radical (unpaired) electrons. The molecule has 2 rings (SSSR count). The lowest BCUT2D eigenvalue weighted by Crippen LogP contribution is -2.24. The molecule has 2 heterocycles. The second-order valence-electron chi connectivity index (χ2n) is 4.82. The molecule has 0 aliphatic rings. The highest BCUT2D eigenvalue weighted by molar-refractivity contribution is 7.89. The Bertz CT molecular complexity index is 689. The summed E-state index contributed by atoms with van der Waals surface area (Å²) in [6.07, 6.45) is 3.77. The molecule has 7 nitrogen and oxygen atoms in total. The number of aromatic nitrogens is 2. The van der Waals surface area contributed by atoms with Gasteiger partial charge >= 0.3 is 0 Å². The zero-order valence-corrected chi connectivity index (χ0v) is 13.0. The fourth-order valence-electron chi connectivity index (χ4n) is 2.17. The average molecular weight is 312 g/mol. The van der Waals surface area contributed by atoms with Crippen molar-refractivity contribution in [2.24, 2.45) is 5.73 Å². The van der Waals surface area contributed by atoms with E-state index in [9.17, 15) is 8.42 Å². The Balaban J connectivity index is 2.21. The maximum atomic E-state index is 12.4. The largest absolute Gasteiger partial charge is 0.472 e. The summed E-state index contributed by atoms with van der Waals surface area (Å²) in [7, 11) is -3.61. The first-order valence-electron chi connectivity index (χ1n) is 6.70. The predicted octanol–water partition coefficient (Wildman–Crippen LogP) is 0.920. The number of hydrogen-bond acceptors (Lipinski definition) is 5. The number of nitrogens with one attached hydrogen (secondary N) is 1. The molecule has 0 bridgehead atoms. The molecule has 0 spiro atoms. The summed E-state index contributed by atoms with van der Waals surface area (Å²) in [5.41, 5.74) is 7.36. The molecule has 2 aromatic heterocycles. The van der Waals surface area contributed by atoms with E-state index in [0.29, 0.717) is 24.5 Å². The van der Waals surface area contributed by atoms with Gasteiger partial charge in [-0.25, -0.2) is 13.1 Å². The second-order valence-corrected chi connectivity index (χ2v) is 6.53. The molecule has 0 aromatic carbocycles. The van der Waals surface area contributed by atoms with Crippen molar-refractivity contribution in [1.29, 1.82) is 0 Å². The van der Waals surface area contributed by atoms with E-state index in [1.54, 1.807) is 24.6 Å². The van der Waals surface area contributed by atoms with Crippen LogP contribution in [-0.2, 0) is 23.1 Å². The summed E-state index contributed by atoms with van der Waals surface area (Å²) < 4.78 is 34.0. The Morgan fingerprint density at radius 2 is 2.19 bits per heavy atom. The van der Waals surface area contributed by atoms with Crippen LogP contribution in [0, 0.1) is 13.8 Å². The Morgan fingerprint density at radius 3 is 2.81 bits per heavy atom. The first kappa shape index (κ1) is 15.7. The lowest BCUT2D eigenvalue weighted by atomic mass is 10.4. The van der Waals surface area contributed by atoms with Gasteiger partial charge in [0.15, 0.2) is 0 Å². The van der Waals surface area contributed by atoms with Gasteiger partial charge in [0.05, 0.1) is 23.9 Å². The number of sulfonamides is 1. The molecule has 116 valence electrons. The molecule has 8 heteroatoms. The van der Waals surface area contributed by atoms with Crippen molar-refractivity contribution in [3.63, 3.8) is 0 Å². The van der Waals surface area contributed by atoms with Crippen LogP contribution in [0.15, 0.2) is 27.9 Å². The molecule has 0 unspecified atom stereocenters. The molecule has 0 fully saturated rings. The van der Waals surface area contributed by atoms with E-state index in [1.807, 2.05) is 0 Å². The number of rotatable bonds is 7. The third-order valence-corrected chi connectivity index (χ3v) is 4.86. The zero-order chi connectivity index (χ0) is 15.5. The maximum absolute atomic E-state index is 12.4. The summed E-state index contributed by atoms with van der Waals surface area (Å²) in [6, 6.07) is 1.72. The van der Waals surface area contributed by atoms with Crippen LogP contribution in [0.5, 0.6) is 0 Å². The van der Waals surface area contributed by atoms with Crippen molar-refractivity contribution in [2.75, 3.05) is 6.54 Å². The zero-order valence-electron chi connectivity index (χ0n) is 12.2. The molecule has 0 aliphatic heterocycles. The SMILES string of the molecule is Cc1nn(CCCN)c(C)c1S(=O)(=O)NCc1ccoc1. The molecule has 2 aromatic rings. The Kier molecular flexibility index (Phi) is 4.81. The summed E-state index contributed by atoms with van der Waals surface area (Å²) >= 11 is 0. The first-order valence-corrected chi connectivity index (χ1v) is 8.19. The predicted molar refractivity (Wildman–Crippen MR) is 78.1 cm³/mol. The number of furan rings is 1. The molecular formula is C13H20N4O3S. The van der Waals surface area contributed by atoms with Gasteiger partial charge in [0.25, 0.3) is 0 Å². The minimum atomic E-state index is -3.61. The summed E-state index contributed by atoms with van der Waals surface area (Å²) in [6.45, 7) is 4.78. The van der Waals surface area contributed by atoms with Crippen LogP contribution in [0.3, 0.4) is 0 Å². The molecule has 0 atom stereocenters. The smallest absolute Gasteiger partial charge is 0.244 e. The van der Waals surface area contributed by atoms with E-state index in [0.717, 1.165) is 12.0 Å². The summed E-state index contributed by atoms with van der Waals surface area (Å²) in [5.74, 6) is 0. The Morgan fingerprint density at radius 1 is 1.43 bits per heavy atom. The van der Waals surface area contributed by atoms with Crippen LogP contribution in [0.1, 0.15) is 23.4 Å². The van der Waals surface area contributed by atoms with E-state index in [2.05, 4.69) is 9.82 Å². The van der Waals surface area contributed by atoms with Gasteiger partial charge in [-0.3, -0.25) is 4.68 Å². The van der Waals surface area contributed by atoms with Crippen LogP contribution in [0.4, 0.5) is 0 Å². The minimum absolute atomic E-state index is 0.186. The van der Waals surface area contributed by atoms with Gasteiger partial charge in [0, 0.05) is 18.7 Å². The topological polar surface area (TPSA) is 103 Å². The van der Waals surface area contributed by atoms with Gasteiger partial charge in [0.2, 0.25) is 10.0 Å². The lowest BCUT2D eigenvalue weighted by molar-refractivity contribution is 0.559. The van der Waals surface area contributed by atoms with Gasteiger partial charge in [0.1, 0.15) is 4.90 Å². The van der Waals surface area contributed by atoms with E-state index in [1.165, 1.54) is 12.5 Å². The highest BCUT2D eigenvalue weighted by Crippen LogP contribution is 2.19. The number of nitrogens with zero attached hydrogens (tertiary/aromatic N) is 2. The fraction of sp³-hybridized carbons (Fsp3) is 0.462. The van der Waals surface area contributed by atoms with Crippen LogP contribution in [-0.4, -0.2) is 24.7 Å². The quantitative estimate of drug-likeness (QED) is 0.791. The first-order chi connectivity index (χ1) is 9.95. The number of hydrogen-bond donors (Lipinski definition) is 2.